The maximum absolute atomic E-state index is 3.91. The molecule has 0 saturated carbocycles. The average molecular weight is 375 g/mol. The Kier molecular flexibility index (Phi) is 8.89. The Bertz CT molecular complexity index is 609. The summed E-state index contributed by atoms with van der Waals surface area (Å²) in [5, 5.41) is 0. The molecule has 126 valence electrons. The molecule has 0 fully saturated rings. The zero-order valence-corrected chi connectivity index (χ0v) is 19.0. The van der Waals surface area contributed by atoms with Gasteiger partial charge in [-0.2, -0.15) is 0 Å². The molecule has 0 saturated heterocycles. The minimum Gasteiger partial charge on any atom is -0.332 e. The molecule has 1 aliphatic carbocycles. The molecule has 1 unspecified atom stereocenters. The summed E-state index contributed by atoms with van der Waals surface area (Å²) in [6.07, 6.45) is 4.08. The number of hydrogen-bond donors (Lipinski definition) is 1. The van der Waals surface area contributed by atoms with Gasteiger partial charge in [0.2, 0.25) is 0 Å². The number of hydrogen-bond acceptors (Lipinski definition) is 1. The maximum atomic E-state index is 3.91. The van der Waals surface area contributed by atoms with Crippen molar-refractivity contribution in [2.45, 2.75) is 58.8 Å². The minimum atomic E-state index is -1.54. The molecule has 0 spiro atoms. The van der Waals surface area contributed by atoms with Gasteiger partial charge in [-0.1, -0.05) is 73.8 Å². The van der Waals surface area contributed by atoms with Crippen LogP contribution < -0.4 is 4.98 Å². The normalized spacial score (nSPS) is 16.1. The van der Waals surface area contributed by atoms with Crippen LogP contribution in [0.4, 0.5) is 0 Å². The smallest absolute Gasteiger partial charge is 0.332 e. The van der Waals surface area contributed by atoms with E-state index in [4.69, 9.17) is 0 Å². The minimum absolute atomic E-state index is 0. The number of nitrogens with one attached hydrogen (secondary N) is 1. The molecule has 1 aromatic rings. The first-order chi connectivity index (χ1) is 10.5. The van der Waals surface area contributed by atoms with Crippen LogP contribution >= 0.6 is 0 Å². The van der Waals surface area contributed by atoms with Gasteiger partial charge in [-0.25, -0.2) is 0 Å². The monoisotopic (exact) mass is 375 g/mol. The first-order valence-corrected chi connectivity index (χ1v) is 11.4. The Morgan fingerprint density at radius 1 is 1.21 bits per heavy atom. The Morgan fingerprint density at radius 2 is 1.71 bits per heavy atom. The molecule has 3 heteroatoms. The predicted molar refractivity (Wildman–Crippen MR) is 108 cm³/mol. The molecule has 1 aromatic carbocycles. The van der Waals surface area contributed by atoms with Gasteiger partial charge in [0, 0.05) is 11.1 Å². The van der Waals surface area contributed by atoms with Crippen molar-refractivity contribution in [2.24, 2.45) is 0 Å². The van der Waals surface area contributed by atoms with Gasteiger partial charge >= 0.3 is 21.7 Å². The summed E-state index contributed by atoms with van der Waals surface area (Å²) < 4.78 is 0. The van der Waals surface area contributed by atoms with Crippen molar-refractivity contribution in [3.8, 4) is 0 Å². The van der Waals surface area contributed by atoms with Gasteiger partial charge in [-0.3, -0.25) is 0 Å². The van der Waals surface area contributed by atoms with Crippen molar-refractivity contribution in [3.63, 3.8) is 0 Å². The summed E-state index contributed by atoms with van der Waals surface area (Å²) in [6, 6.07) is 8.84. The van der Waals surface area contributed by atoms with Crippen molar-refractivity contribution in [3.05, 3.63) is 65.8 Å². The van der Waals surface area contributed by atoms with E-state index in [1.54, 1.807) is 6.08 Å². The summed E-state index contributed by atoms with van der Waals surface area (Å²) in [5.74, 6) is 0. The fourth-order valence-electron chi connectivity index (χ4n) is 3.48. The van der Waals surface area contributed by atoms with E-state index in [0.717, 1.165) is 5.57 Å². The predicted octanol–water partition coefficient (Wildman–Crippen LogP) is 6.07. The van der Waals surface area contributed by atoms with Gasteiger partial charge in [-0.15, -0.1) is 0 Å². The SMILES string of the molecule is C=CC(=C)C.CC1=Cc2ccccc2C1[Si](C)(C)NC(C)(C)C.[Ti+4]. The van der Waals surface area contributed by atoms with Gasteiger partial charge in [0.1, 0.15) is 8.24 Å². The molecule has 0 amide bonds. The van der Waals surface area contributed by atoms with Gasteiger partial charge < -0.3 is 4.98 Å². The summed E-state index contributed by atoms with van der Waals surface area (Å²) in [4.78, 5) is 3.91. The second-order valence-electron chi connectivity index (χ2n) is 8.10. The Labute approximate surface area is 165 Å². The van der Waals surface area contributed by atoms with Crippen LogP contribution in [0.3, 0.4) is 0 Å². The van der Waals surface area contributed by atoms with E-state index in [2.05, 4.69) is 89.3 Å². The van der Waals surface area contributed by atoms with Crippen LogP contribution in [0, 0.1) is 0 Å². The molecule has 1 atom stereocenters. The van der Waals surface area contributed by atoms with Crippen molar-refractivity contribution in [2.75, 3.05) is 0 Å². The number of allylic oxidation sites excluding steroid dienone is 3. The third-order valence-electron chi connectivity index (χ3n) is 3.91. The van der Waals surface area contributed by atoms with Crippen LogP contribution in [0.15, 0.2) is 54.6 Å². The van der Waals surface area contributed by atoms with E-state index in [1.807, 2.05) is 6.92 Å². The van der Waals surface area contributed by atoms with Crippen LogP contribution in [0.5, 0.6) is 0 Å². The van der Waals surface area contributed by atoms with E-state index in [0.29, 0.717) is 5.54 Å². The van der Waals surface area contributed by atoms with Crippen molar-refractivity contribution < 1.29 is 21.7 Å². The quantitative estimate of drug-likeness (QED) is 0.500. The van der Waals surface area contributed by atoms with Crippen LogP contribution in [0.2, 0.25) is 13.1 Å². The Morgan fingerprint density at radius 3 is 2.17 bits per heavy atom. The molecule has 24 heavy (non-hydrogen) atoms. The third-order valence-corrected chi connectivity index (χ3v) is 7.52. The molecular weight excluding hydrogens is 342 g/mol. The second-order valence-corrected chi connectivity index (χ2v) is 12.4. The summed E-state index contributed by atoms with van der Waals surface area (Å²) in [5.41, 5.74) is 6.26. The van der Waals surface area contributed by atoms with Crippen molar-refractivity contribution in [1.82, 2.24) is 4.98 Å². The maximum Gasteiger partial charge on any atom is 4.00 e. The number of rotatable bonds is 3. The summed E-state index contributed by atoms with van der Waals surface area (Å²) in [6.45, 7) is 22.9. The Balaban J connectivity index is 0.000000777. The molecule has 0 heterocycles. The van der Waals surface area contributed by atoms with Gasteiger partial charge in [0.25, 0.3) is 0 Å². The zero-order chi connectivity index (χ0) is 17.8. The number of benzene rings is 1. The Hall–Kier alpha value is -0.669. The van der Waals surface area contributed by atoms with Crippen LogP contribution in [0.25, 0.3) is 6.08 Å². The van der Waals surface area contributed by atoms with Crippen molar-refractivity contribution in [1.29, 1.82) is 0 Å². The van der Waals surface area contributed by atoms with E-state index in [1.165, 1.54) is 16.7 Å². The van der Waals surface area contributed by atoms with Crippen LogP contribution in [-0.4, -0.2) is 13.8 Å². The van der Waals surface area contributed by atoms with E-state index in [-0.39, 0.29) is 27.3 Å². The van der Waals surface area contributed by atoms with Gasteiger partial charge in [0.05, 0.1) is 0 Å². The molecule has 2 rings (SSSR count). The van der Waals surface area contributed by atoms with Crippen LogP contribution in [0.1, 0.15) is 51.3 Å². The van der Waals surface area contributed by atoms with E-state index >= 15 is 0 Å². The molecule has 0 bridgehead atoms. The molecule has 0 aromatic heterocycles. The topological polar surface area (TPSA) is 12.0 Å². The third kappa shape index (κ3) is 6.68. The summed E-state index contributed by atoms with van der Waals surface area (Å²) in [7, 11) is -1.54. The average Bonchev–Trinajstić information content (AvgIpc) is 2.73. The fourth-order valence-corrected chi connectivity index (χ4v) is 7.82. The molecular formula is C21H33NSiTi+4. The molecule has 0 aliphatic heterocycles. The number of fused-ring (bicyclic) bond motifs is 1. The second kappa shape index (κ2) is 9.15. The largest absolute Gasteiger partial charge is 4.00 e. The van der Waals surface area contributed by atoms with Gasteiger partial charge in [-0.05, 0) is 45.7 Å². The first kappa shape index (κ1) is 23.3. The molecule has 1 N–H and O–H groups in total. The molecule has 1 nitrogen and oxygen atoms in total. The first-order valence-electron chi connectivity index (χ1n) is 8.32. The molecule has 0 radical (unpaired) electrons. The standard InChI is InChI=1S/C16H25NSi.C5H8.Ti/c1-12-11-13-9-7-8-10-14(13)15(12)18(5,6)17-16(2,3)4;1-4-5(2)3;/h7-11,15,17H,1-6H3;4H,1-2H2,3H3;/q;;+4. The molecule has 1 aliphatic rings. The van der Waals surface area contributed by atoms with Crippen LogP contribution in [-0.2, 0) is 21.7 Å². The fraction of sp³-hybridized carbons (Fsp3) is 0.429. The summed E-state index contributed by atoms with van der Waals surface area (Å²) >= 11 is 0. The zero-order valence-electron chi connectivity index (χ0n) is 16.5. The van der Waals surface area contributed by atoms with E-state index < -0.39 is 8.24 Å². The van der Waals surface area contributed by atoms with Gasteiger partial charge in [0.15, 0.2) is 0 Å². The van der Waals surface area contributed by atoms with E-state index in [9.17, 15) is 0 Å². The van der Waals surface area contributed by atoms with Crippen molar-refractivity contribution >= 4 is 14.3 Å².